The molecule has 11 heavy (non-hydrogen) atoms. The van der Waals surface area contributed by atoms with E-state index >= 15 is 0 Å². The van der Waals surface area contributed by atoms with Gasteiger partial charge in [-0.25, -0.2) is 0 Å². The maximum absolute atomic E-state index is 4.13. The van der Waals surface area contributed by atoms with E-state index in [9.17, 15) is 0 Å². The van der Waals surface area contributed by atoms with Crippen molar-refractivity contribution < 1.29 is 0 Å². The molecule has 0 aliphatic carbocycles. The molecule has 58 valence electrons. The summed E-state index contributed by atoms with van der Waals surface area (Å²) in [5.41, 5.74) is 3.64. The largest absolute Gasteiger partial charge is 0.343 e. The number of H-pyrrole nitrogens is 1. The Balaban J connectivity index is 2.44. The molecule has 0 fully saturated rings. The highest BCUT2D eigenvalue weighted by Crippen LogP contribution is 2.22. The van der Waals surface area contributed by atoms with E-state index in [1.54, 1.807) is 0 Å². The van der Waals surface area contributed by atoms with Gasteiger partial charge in [-0.05, 0) is 20.3 Å². The van der Waals surface area contributed by atoms with E-state index in [1.165, 1.54) is 11.3 Å². The number of aromatic nitrogens is 2. The van der Waals surface area contributed by atoms with Crippen LogP contribution in [0.2, 0.25) is 0 Å². The normalized spacial score (nSPS) is 15.3. The van der Waals surface area contributed by atoms with Crippen molar-refractivity contribution in [3.63, 3.8) is 0 Å². The van der Waals surface area contributed by atoms with E-state index in [2.05, 4.69) is 21.6 Å². The van der Waals surface area contributed by atoms with Gasteiger partial charge in [0.05, 0.1) is 0 Å². The molecule has 1 aromatic heterocycles. The van der Waals surface area contributed by atoms with Crippen molar-refractivity contribution in [2.24, 2.45) is 0 Å². The van der Waals surface area contributed by atoms with Crippen molar-refractivity contribution in [2.75, 3.05) is 5.32 Å². The standard InChI is InChI=1S/C8H11N3/c1-5-3-4-7-6(2)10-11-8(7)9-5/h3H,4H2,1-2H3,(H2,9,10,11). The SMILES string of the molecule is CC1=CCc2c(n[nH]c2C)N1. The molecule has 0 aromatic carbocycles. The number of anilines is 1. The lowest BCUT2D eigenvalue weighted by Gasteiger charge is -2.10. The zero-order valence-electron chi connectivity index (χ0n) is 6.73. The van der Waals surface area contributed by atoms with Gasteiger partial charge in [0.2, 0.25) is 0 Å². The van der Waals surface area contributed by atoms with E-state index in [-0.39, 0.29) is 0 Å². The topological polar surface area (TPSA) is 40.7 Å². The van der Waals surface area contributed by atoms with Crippen LogP contribution in [0.25, 0.3) is 0 Å². The van der Waals surface area contributed by atoms with Crippen molar-refractivity contribution >= 4 is 5.82 Å². The Kier molecular flexibility index (Phi) is 1.24. The smallest absolute Gasteiger partial charge is 0.155 e. The minimum atomic E-state index is 0.988. The van der Waals surface area contributed by atoms with Gasteiger partial charge in [-0.3, -0.25) is 5.10 Å². The zero-order valence-corrected chi connectivity index (χ0v) is 6.73. The predicted octanol–water partition coefficient (Wildman–Crippen LogP) is 1.59. The lowest BCUT2D eigenvalue weighted by Crippen LogP contribution is -2.04. The van der Waals surface area contributed by atoms with Gasteiger partial charge in [0.1, 0.15) is 0 Å². The van der Waals surface area contributed by atoms with Crippen molar-refractivity contribution in [3.05, 3.63) is 23.0 Å². The summed E-state index contributed by atoms with van der Waals surface area (Å²) < 4.78 is 0. The Morgan fingerprint density at radius 1 is 1.45 bits per heavy atom. The Morgan fingerprint density at radius 2 is 2.27 bits per heavy atom. The first kappa shape index (κ1) is 6.46. The van der Waals surface area contributed by atoms with E-state index in [0.29, 0.717) is 0 Å². The number of aryl methyl sites for hydroxylation is 1. The summed E-state index contributed by atoms with van der Waals surface area (Å²) in [6.45, 7) is 4.09. The van der Waals surface area contributed by atoms with E-state index < -0.39 is 0 Å². The maximum Gasteiger partial charge on any atom is 0.155 e. The summed E-state index contributed by atoms with van der Waals surface area (Å²) in [5.74, 6) is 0.988. The van der Waals surface area contributed by atoms with Crippen molar-refractivity contribution in [1.82, 2.24) is 10.2 Å². The van der Waals surface area contributed by atoms with Crippen molar-refractivity contribution in [3.8, 4) is 0 Å². The molecule has 0 spiro atoms. The Labute approximate surface area is 65.5 Å². The van der Waals surface area contributed by atoms with Crippen molar-refractivity contribution in [2.45, 2.75) is 20.3 Å². The average molecular weight is 149 g/mol. The van der Waals surface area contributed by atoms with Crippen LogP contribution in [0.1, 0.15) is 18.2 Å². The molecular formula is C8H11N3. The summed E-state index contributed by atoms with van der Waals surface area (Å²) in [6, 6.07) is 0. The van der Waals surface area contributed by atoms with Crippen LogP contribution in [-0.4, -0.2) is 10.2 Å². The Hall–Kier alpha value is -1.25. The molecule has 0 bridgehead atoms. The number of hydrogen-bond donors (Lipinski definition) is 2. The monoisotopic (exact) mass is 149 g/mol. The molecule has 0 saturated heterocycles. The van der Waals surface area contributed by atoms with Crippen molar-refractivity contribution in [1.29, 1.82) is 0 Å². The van der Waals surface area contributed by atoms with Crippen LogP contribution >= 0.6 is 0 Å². The highest BCUT2D eigenvalue weighted by molar-refractivity contribution is 5.54. The molecule has 0 unspecified atom stereocenters. The first-order valence-corrected chi connectivity index (χ1v) is 3.75. The van der Waals surface area contributed by atoms with Crippen LogP contribution < -0.4 is 5.32 Å². The number of rotatable bonds is 0. The van der Waals surface area contributed by atoms with Crippen LogP contribution in [0.15, 0.2) is 11.8 Å². The van der Waals surface area contributed by atoms with Crippen LogP contribution in [0.5, 0.6) is 0 Å². The fourth-order valence-electron chi connectivity index (χ4n) is 1.30. The Bertz CT molecular complexity index is 309. The van der Waals surface area contributed by atoms with Crippen LogP contribution in [0, 0.1) is 6.92 Å². The molecule has 0 radical (unpaired) electrons. The molecule has 2 N–H and O–H groups in total. The first-order valence-electron chi connectivity index (χ1n) is 3.75. The number of allylic oxidation sites excluding steroid dienone is 2. The van der Waals surface area contributed by atoms with Gasteiger partial charge in [-0.15, -0.1) is 0 Å². The van der Waals surface area contributed by atoms with Crippen LogP contribution in [-0.2, 0) is 6.42 Å². The third-order valence-electron chi connectivity index (χ3n) is 2.00. The molecule has 0 saturated carbocycles. The minimum absolute atomic E-state index is 0.988. The van der Waals surface area contributed by atoms with Gasteiger partial charge in [-0.1, -0.05) is 6.08 Å². The van der Waals surface area contributed by atoms with Gasteiger partial charge in [-0.2, -0.15) is 5.10 Å². The Morgan fingerprint density at radius 3 is 3.09 bits per heavy atom. The summed E-state index contributed by atoms with van der Waals surface area (Å²) in [7, 11) is 0. The second kappa shape index (κ2) is 2.12. The van der Waals surface area contributed by atoms with E-state index in [4.69, 9.17) is 0 Å². The highest BCUT2D eigenvalue weighted by atomic mass is 15.2. The fourth-order valence-corrected chi connectivity index (χ4v) is 1.30. The minimum Gasteiger partial charge on any atom is -0.343 e. The summed E-state index contributed by atoms with van der Waals surface area (Å²) >= 11 is 0. The molecule has 1 aromatic rings. The predicted molar refractivity (Wildman–Crippen MR) is 44.4 cm³/mol. The molecule has 3 heteroatoms. The van der Waals surface area contributed by atoms with E-state index in [0.717, 1.165) is 17.9 Å². The maximum atomic E-state index is 4.13. The summed E-state index contributed by atoms with van der Waals surface area (Å²) in [6.07, 6.45) is 3.17. The molecule has 1 aliphatic rings. The fraction of sp³-hybridized carbons (Fsp3) is 0.375. The average Bonchev–Trinajstić information content (AvgIpc) is 2.32. The molecular weight excluding hydrogens is 138 g/mol. The number of aromatic amines is 1. The van der Waals surface area contributed by atoms with Gasteiger partial charge in [0.15, 0.2) is 5.82 Å². The summed E-state index contributed by atoms with van der Waals surface area (Å²) in [5, 5.41) is 10.3. The number of nitrogens with one attached hydrogen (secondary N) is 2. The summed E-state index contributed by atoms with van der Waals surface area (Å²) in [4.78, 5) is 0. The third kappa shape index (κ3) is 0.926. The quantitative estimate of drug-likeness (QED) is 0.588. The number of fused-ring (bicyclic) bond motifs is 1. The van der Waals surface area contributed by atoms with E-state index in [1.807, 2.05) is 13.8 Å². The number of hydrogen-bond acceptors (Lipinski definition) is 2. The molecule has 0 atom stereocenters. The highest BCUT2D eigenvalue weighted by Gasteiger charge is 2.12. The van der Waals surface area contributed by atoms with Crippen LogP contribution in [0.3, 0.4) is 0 Å². The zero-order chi connectivity index (χ0) is 7.84. The molecule has 3 nitrogen and oxygen atoms in total. The van der Waals surface area contributed by atoms with Gasteiger partial charge in [0.25, 0.3) is 0 Å². The second-order valence-corrected chi connectivity index (χ2v) is 2.89. The van der Waals surface area contributed by atoms with Gasteiger partial charge < -0.3 is 5.32 Å². The van der Waals surface area contributed by atoms with Crippen LogP contribution in [0.4, 0.5) is 5.82 Å². The first-order chi connectivity index (χ1) is 5.27. The molecule has 0 amide bonds. The second-order valence-electron chi connectivity index (χ2n) is 2.89. The van der Waals surface area contributed by atoms with Gasteiger partial charge in [0, 0.05) is 17.0 Å². The molecule has 2 rings (SSSR count). The lowest BCUT2D eigenvalue weighted by atomic mass is 10.1. The lowest BCUT2D eigenvalue weighted by molar-refractivity contribution is 1.04. The number of nitrogens with zero attached hydrogens (tertiary/aromatic N) is 1. The molecule has 1 aliphatic heterocycles. The molecule has 2 heterocycles. The third-order valence-corrected chi connectivity index (χ3v) is 2.00. The van der Waals surface area contributed by atoms with Gasteiger partial charge >= 0.3 is 0 Å².